The average Bonchev–Trinajstić information content (AvgIpc) is 3.19. The summed E-state index contributed by atoms with van der Waals surface area (Å²) in [4.78, 5) is 8.68. The van der Waals surface area contributed by atoms with Gasteiger partial charge in [-0.25, -0.2) is 4.98 Å². The molecule has 1 atom stereocenters. The summed E-state index contributed by atoms with van der Waals surface area (Å²) in [5.74, 6) is 1.61. The third-order valence-electron chi connectivity index (χ3n) is 3.34. The van der Waals surface area contributed by atoms with E-state index in [1.165, 1.54) is 0 Å². The van der Waals surface area contributed by atoms with Gasteiger partial charge in [0.1, 0.15) is 6.61 Å². The van der Waals surface area contributed by atoms with E-state index >= 15 is 0 Å². The SMILES string of the molecule is COCCOc1ncccc1-c1noc(C2CCCN2)n1. The fraction of sp³-hybridized carbons (Fsp3) is 0.500. The first-order valence-corrected chi connectivity index (χ1v) is 7.02. The number of pyridine rings is 1. The van der Waals surface area contributed by atoms with Gasteiger partial charge in [-0.3, -0.25) is 0 Å². The van der Waals surface area contributed by atoms with Gasteiger partial charge in [-0.05, 0) is 31.5 Å². The van der Waals surface area contributed by atoms with Crippen LogP contribution in [0.4, 0.5) is 0 Å². The Morgan fingerprint density at radius 3 is 3.19 bits per heavy atom. The molecular formula is C14H18N4O3. The van der Waals surface area contributed by atoms with E-state index in [4.69, 9.17) is 14.0 Å². The second kappa shape index (κ2) is 6.64. The van der Waals surface area contributed by atoms with Crippen LogP contribution < -0.4 is 10.1 Å². The first kappa shape index (κ1) is 14.0. The number of nitrogens with one attached hydrogen (secondary N) is 1. The number of ether oxygens (including phenoxy) is 2. The summed E-state index contributed by atoms with van der Waals surface area (Å²) in [6.07, 6.45) is 3.82. The highest BCUT2D eigenvalue weighted by Gasteiger charge is 2.23. The highest BCUT2D eigenvalue weighted by molar-refractivity contribution is 5.60. The molecule has 0 saturated carbocycles. The zero-order chi connectivity index (χ0) is 14.5. The lowest BCUT2D eigenvalue weighted by atomic mass is 10.2. The van der Waals surface area contributed by atoms with Crippen molar-refractivity contribution in [2.24, 2.45) is 0 Å². The predicted octanol–water partition coefficient (Wildman–Crippen LogP) is 1.58. The van der Waals surface area contributed by atoms with Crippen molar-refractivity contribution in [3.05, 3.63) is 24.2 Å². The molecule has 0 aliphatic carbocycles. The number of hydrogen-bond acceptors (Lipinski definition) is 7. The largest absolute Gasteiger partial charge is 0.475 e. The van der Waals surface area contributed by atoms with E-state index in [0.717, 1.165) is 24.9 Å². The molecule has 0 radical (unpaired) electrons. The number of aromatic nitrogens is 3. The summed E-state index contributed by atoms with van der Waals surface area (Å²) in [5.41, 5.74) is 0.724. The maximum absolute atomic E-state index is 5.59. The van der Waals surface area contributed by atoms with Crippen LogP contribution in [0.3, 0.4) is 0 Å². The molecule has 0 amide bonds. The normalized spacial score (nSPS) is 18.0. The summed E-state index contributed by atoms with van der Waals surface area (Å²) >= 11 is 0. The molecule has 2 aromatic heterocycles. The maximum atomic E-state index is 5.59. The Morgan fingerprint density at radius 1 is 1.43 bits per heavy atom. The van der Waals surface area contributed by atoms with Crippen LogP contribution in [0.2, 0.25) is 0 Å². The molecule has 1 aliphatic rings. The van der Waals surface area contributed by atoms with E-state index in [1.54, 1.807) is 13.3 Å². The highest BCUT2D eigenvalue weighted by atomic mass is 16.5. The van der Waals surface area contributed by atoms with Crippen molar-refractivity contribution in [2.45, 2.75) is 18.9 Å². The minimum atomic E-state index is 0.154. The van der Waals surface area contributed by atoms with Gasteiger partial charge in [0.2, 0.25) is 17.6 Å². The Balaban J connectivity index is 1.79. The smallest absolute Gasteiger partial charge is 0.244 e. The molecular weight excluding hydrogens is 272 g/mol. The fourth-order valence-corrected chi connectivity index (χ4v) is 2.28. The third kappa shape index (κ3) is 3.20. The average molecular weight is 290 g/mol. The summed E-state index contributed by atoms with van der Waals surface area (Å²) < 4.78 is 15.9. The molecule has 1 N–H and O–H groups in total. The molecule has 21 heavy (non-hydrogen) atoms. The van der Waals surface area contributed by atoms with Crippen LogP contribution in [0, 0.1) is 0 Å². The van der Waals surface area contributed by atoms with Gasteiger partial charge < -0.3 is 19.3 Å². The minimum absolute atomic E-state index is 0.154. The lowest BCUT2D eigenvalue weighted by Crippen LogP contribution is -2.13. The van der Waals surface area contributed by atoms with Gasteiger partial charge in [-0.15, -0.1) is 0 Å². The monoisotopic (exact) mass is 290 g/mol. The van der Waals surface area contributed by atoms with E-state index in [9.17, 15) is 0 Å². The molecule has 0 bridgehead atoms. The zero-order valence-corrected chi connectivity index (χ0v) is 11.9. The Kier molecular flexibility index (Phi) is 4.42. The van der Waals surface area contributed by atoms with E-state index in [1.807, 2.05) is 12.1 Å². The molecule has 7 nitrogen and oxygen atoms in total. The summed E-state index contributed by atoms with van der Waals surface area (Å²) in [5, 5.41) is 7.38. The van der Waals surface area contributed by atoms with Crippen molar-refractivity contribution < 1.29 is 14.0 Å². The molecule has 1 saturated heterocycles. The molecule has 0 aromatic carbocycles. The summed E-state index contributed by atoms with van der Waals surface area (Å²) in [6, 6.07) is 3.84. The van der Waals surface area contributed by atoms with Gasteiger partial charge in [0.15, 0.2) is 0 Å². The van der Waals surface area contributed by atoms with Crippen molar-refractivity contribution in [2.75, 3.05) is 26.9 Å². The molecule has 1 aliphatic heterocycles. The predicted molar refractivity (Wildman–Crippen MR) is 74.9 cm³/mol. The Hall–Kier alpha value is -1.99. The van der Waals surface area contributed by atoms with Crippen molar-refractivity contribution >= 4 is 0 Å². The van der Waals surface area contributed by atoms with E-state index in [2.05, 4.69) is 20.4 Å². The lowest BCUT2D eigenvalue weighted by Gasteiger charge is -2.07. The summed E-state index contributed by atoms with van der Waals surface area (Å²) in [7, 11) is 1.63. The van der Waals surface area contributed by atoms with Crippen molar-refractivity contribution in [1.82, 2.24) is 20.4 Å². The highest BCUT2D eigenvalue weighted by Crippen LogP contribution is 2.28. The van der Waals surface area contributed by atoms with Crippen LogP contribution in [-0.4, -0.2) is 42.0 Å². The maximum Gasteiger partial charge on any atom is 0.244 e. The topological polar surface area (TPSA) is 82.3 Å². The van der Waals surface area contributed by atoms with E-state index in [-0.39, 0.29) is 6.04 Å². The van der Waals surface area contributed by atoms with Crippen LogP contribution in [0.15, 0.2) is 22.9 Å². The molecule has 0 spiro atoms. The van der Waals surface area contributed by atoms with Crippen molar-refractivity contribution in [1.29, 1.82) is 0 Å². The second-order valence-corrected chi connectivity index (χ2v) is 4.80. The second-order valence-electron chi connectivity index (χ2n) is 4.80. The lowest BCUT2D eigenvalue weighted by molar-refractivity contribution is 0.144. The van der Waals surface area contributed by atoms with Crippen LogP contribution >= 0.6 is 0 Å². The first-order valence-electron chi connectivity index (χ1n) is 7.02. The Morgan fingerprint density at radius 2 is 2.38 bits per heavy atom. The minimum Gasteiger partial charge on any atom is -0.475 e. The molecule has 3 heterocycles. The molecule has 1 fully saturated rings. The standard InChI is InChI=1S/C14H18N4O3/c1-19-8-9-20-13-10(4-2-7-16-13)12-17-14(21-18-12)11-5-3-6-15-11/h2,4,7,11,15H,3,5-6,8-9H2,1H3. The quantitative estimate of drug-likeness (QED) is 0.809. The van der Waals surface area contributed by atoms with Crippen LogP contribution in [0.5, 0.6) is 5.88 Å². The fourth-order valence-electron chi connectivity index (χ4n) is 2.28. The molecule has 112 valence electrons. The molecule has 1 unspecified atom stereocenters. The van der Waals surface area contributed by atoms with Crippen LogP contribution in [0.25, 0.3) is 11.4 Å². The van der Waals surface area contributed by atoms with Crippen molar-refractivity contribution in [3.8, 4) is 17.3 Å². The number of hydrogen-bond donors (Lipinski definition) is 1. The van der Waals surface area contributed by atoms with Gasteiger partial charge in [-0.1, -0.05) is 5.16 Å². The summed E-state index contributed by atoms with van der Waals surface area (Å²) in [6.45, 7) is 1.91. The Bertz CT molecular complexity index is 581. The molecule has 3 rings (SSSR count). The van der Waals surface area contributed by atoms with Gasteiger partial charge >= 0.3 is 0 Å². The third-order valence-corrected chi connectivity index (χ3v) is 3.34. The zero-order valence-electron chi connectivity index (χ0n) is 11.9. The number of methoxy groups -OCH3 is 1. The van der Waals surface area contributed by atoms with Gasteiger partial charge in [0.25, 0.3) is 0 Å². The molecule has 7 heteroatoms. The van der Waals surface area contributed by atoms with E-state index in [0.29, 0.717) is 30.8 Å². The van der Waals surface area contributed by atoms with Crippen molar-refractivity contribution in [3.63, 3.8) is 0 Å². The van der Waals surface area contributed by atoms with Crippen LogP contribution in [-0.2, 0) is 4.74 Å². The van der Waals surface area contributed by atoms with Gasteiger partial charge in [-0.2, -0.15) is 4.98 Å². The van der Waals surface area contributed by atoms with Gasteiger partial charge in [0, 0.05) is 13.3 Å². The van der Waals surface area contributed by atoms with Gasteiger partial charge in [0.05, 0.1) is 18.2 Å². The number of nitrogens with zero attached hydrogens (tertiary/aromatic N) is 3. The first-order chi connectivity index (χ1) is 10.4. The molecule has 2 aromatic rings. The van der Waals surface area contributed by atoms with E-state index < -0.39 is 0 Å². The Labute approximate surface area is 122 Å². The van der Waals surface area contributed by atoms with Crippen LogP contribution in [0.1, 0.15) is 24.8 Å². The number of rotatable bonds is 6.